The molecule has 1 fully saturated rings. The van der Waals surface area contributed by atoms with Crippen molar-refractivity contribution in [3.8, 4) is 0 Å². The summed E-state index contributed by atoms with van der Waals surface area (Å²) in [6, 6.07) is 0. The van der Waals surface area contributed by atoms with Gasteiger partial charge in [0, 0.05) is 6.42 Å². The molecule has 1 aliphatic rings. The summed E-state index contributed by atoms with van der Waals surface area (Å²) in [5.41, 5.74) is -0.174. The maximum absolute atomic E-state index is 9.99. The van der Waals surface area contributed by atoms with Crippen LogP contribution < -0.4 is 0 Å². The molecule has 0 aromatic carbocycles. The SMILES string of the molecule is CCCCCCC(O)C1(CC)CCO1. The van der Waals surface area contributed by atoms with Gasteiger partial charge in [-0.05, 0) is 12.8 Å². The highest BCUT2D eigenvalue weighted by Gasteiger charge is 2.42. The highest BCUT2D eigenvalue weighted by atomic mass is 16.5. The quantitative estimate of drug-likeness (QED) is 0.640. The highest BCUT2D eigenvalue weighted by Crippen LogP contribution is 2.35. The van der Waals surface area contributed by atoms with Gasteiger partial charge in [0.15, 0.2) is 0 Å². The molecule has 0 amide bonds. The third-order valence-corrected chi connectivity index (χ3v) is 3.45. The van der Waals surface area contributed by atoms with Crippen LogP contribution in [0.1, 0.15) is 58.8 Å². The van der Waals surface area contributed by atoms with E-state index in [-0.39, 0.29) is 11.7 Å². The summed E-state index contributed by atoms with van der Waals surface area (Å²) in [6.45, 7) is 5.15. The Morgan fingerprint density at radius 2 is 2.00 bits per heavy atom. The highest BCUT2D eigenvalue weighted by molar-refractivity contribution is 4.92. The van der Waals surface area contributed by atoms with E-state index in [2.05, 4.69) is 13.8 Å². The Balaban J connectivity index is 2.16. The summed E-state index contributed by atoms with van der Waals surface area (Å²) in [5.74, 6) is 0. The maximum Gasteiger partial charge on any atom is 0.0959 e. The summed E-state index contributed by atoms with van der Waals surface area (Å²) < 4.78 is 5.54. The van der Waals surface area contributed by atoms with Crippen molar-refractivity contribution in [2.45, 2.75) is 70.5 Å². The molecule has 2 heteroatoms. The minimum atomic E-state index is -0.238. The average molecular weight is 200 g/mol. The molecular weight excluding hydrogens is 176 g/mol. The van der Waals surface area contributed by atoms with Crippen LogP contribution in [-0.4, -0.2) is 23.4 Å². The molecule has 0 radical (unpaired) electrons. The fourth-order valence-corrected chi connectivity index (χ4v) is 2.17. The van der Waals surface area contributed by atoms with Crippen molar-refractivity contribution < 1.29 is 9.84 Å². The van der Waals surface area contributed by atoms with Crippen molar-refractivity contribution in [3.05, 3.63) is 0 Å². The second kappa shape index (κ2) is 5.72. The van der Waals surface area contributed by atoms with Gasteiger partial charge in [-0.3, -0.25) is 0 Å². The van der Waals surface area contributed by atoms with E-state index < -0.39 is 0 Å². The zero-order valence-corrected chi connectivity index (χ0v) is 9.59. The first-order chi connectivity index (χ1) is 6.75. The van der Waals surface area contributed by atoms with Crippen LogP contribution in [0, 0.1) is 0 Å². The number of unbranched alkanes of at least 4 members (excludes halogenated alkanes) is 3. The van der Waals surface area contributed by atoms with Gasteiger partial charge in [0.05, 0.1) is 18.3 Å². The van der Waals surface area contributed by atoms with Crippen LogP contribution in [0.3, 0.4) is 0 Å². The molecule has 0 aromatic heterocycles. The lowest BCUT2D eigenvalue weighted by Gasteiger charge is -2.45. The zero-order valence-electron chi connectivity index (χ0n) is 9.59. The summed E-state index contributed by atoms with van der Waals surface area (Å²) in [5, 5.41) is 9.99. The molecule has 0 aliphatic carbocycles. The molecule has 14 heavy (non-hydrogen) atoms. The van der Waals surface area contributed by atoms with Gasteiger partial charge in [-0.2, -0.15) is 0 Å². The molecule has 1 rings (SSSR count). The number of aliphatic hydroxyl groups excluding tert-OH is 1. The lowest BCUT2D eigenvalue weighted by molar-refractivity contribution is -0.207. The van der Waals surface area contributed by atoms with Crippen molar-refractivity contribution in [2.24, 2.45) is 0 Å². The van der Waals surface area contributed by atoms with E-state index in [1.807, 2.05) is 0 Å². The molecule has 1 aliphatic heterocycles. The fraction of sp³-hybridized carbons (Fsp3) is 1.00. The Bertz CT molecular complexity index is 147. The molecule has 0 saturated carbocycles. The molecule has 0 aromatic rings. The Morgan fingerprint density at radius 1 is 1.29 bits per heavy atom. The van der Waals surface area contributed by atoms with Gasteiger partial charge in [-0.25, -0.2) is 0 Å². The Morgan fingerprint density at radius 3 is 2.43 bits per heavy atom. The van der Waals surface area contributed by atoms with E-state index in [9.17, 15) is 5.11 Å². The van der Waals surface area contributed by atoms with Crippen molar-refractivity contribution in [1.29, 1.82) is 0 Å². The molecule has 1 N–H and O–H groups in total. The minimum absolute atomic E-state index is 0.174. The molecule has 84 valence electrons. The average Bonchev–Trinajstić information content (AvgIpc) is 2.12. The maximum atomic E-state index is 9.99. The standard InChI is InChI=1S/C12H24O2/c1-3-5-6-7-8-11(13)12(4-2)9-10-14-12/h11,13H,3-10H2,1-2H3. The van der Waals surface area contributed by atoms with Crippen molar-refractivity contribution >= 4 is 0 Å². The van der Waals surface area contributed by atoms with Gasteiger partial charge in [0.25, 0.3) is 0 Å². The smallest absolute Gasteiger partial charge is 0.0959 e. The molecule has 0 bridgehead atoms. The lowest BCUT2D eigenvalue weighted by atomic mass is 9.83. The minimum Gasteiger partial charge on any atom is -0.390 e. The van der Waals surface area contributed by atoms with Gasteiger partial charge < -0.3 is 9.84 Å². The zero-order chi connectivity index (χ0) is 10.4. The van der Waals surface area contributed by atoms with Gasteiger partial charge in [-0.1, -0.05) is 39.5 Å². The largest absolute Gasteiger partial charge is 0.390 e. The Labute approximate surface area is 87.7 Å². The molecule has 2 atom stereocenters. The number of aliphatic hydroxyl groups is 1. The van der Waals surface area contributed by atoms with E-state index in [0.29, 0.717) is 0 Å². The fourth-order valence-electron chi connectivity index (χ4n) is 2.17. The second-order valence-corrected chi connectivity index (χ2v) is 4.38. The van der Waals surface area contributed by atoms with E-state index in [4.69, 9.17) is 4.74 Å². The van der Waals surface area contributed by atoms with Crippen LogP contribution in [0.25, 0.3) is 0 Å². The van der Waals surface area contributed by atoms with E-state index in [0.717, 1.165) is 32.3 Å². The second-order valence-electron chi connectivity index (χ2n) is 4.38. The van der Waals surface area contributed by atoms with Crippen molar-refractivity contribution in [3.63, 3.8) is 0 Å². The summed E-state index contributed by atoms with van der Waals surface area (Å²) in [4.78, 5) is 0. The van der Waals surface area contributed by atoms with E-state index >= 15 is 0 Å². The lowest BCUT2D eigenvalue weighted by Crippen LogP contribution is -2.52. The third-order valence-electron chi connectivity index (χ3n) is 3.45. The molecule has 2 unspecified atom stereocenters. The topological polar surface area (TPSA) is 29.5 Å². The number of rotatable bonds is 7. The van der Waals surface area contributed by atoms with Gasteiger partial charge in [0.2, 0.25) is 0 Å². The van der Waals surface area contributed by atoms with Crippen molar-refractivity contribution in [2.75, 3.05) is 6.61 Å². The first kappa shape index (κ1) is 12.0. The number of ether oxygens (including phenoxy) is 1. The predicted octanol–water partition coefficient (Wildman–Crippen LogP) is 2.89. The van der Waals surface area contributed by atoms with Crippen LogP contribution in [0.4, 0.5) is 0 Å². The van der Waals surface area contributed by atoms with E-state index in [1.165, 1.54) is 19.3 Å². The molecular formula is C12H24O2. The molecule has 1 saturated heterocycles. The number of hydrogen-bond acceptors (Lipinski definition) is 2. The Kier molecular flexibility index (Phi) is 4.90. The monoisotopic (exact) mass is 200 g/mol. The van der Waals surface area contributed by atoms with Gasteiger partial charge in [-0.15, -0.1) is 0 Å². The van der Waals surface area contributed by atoms with E-state index in [1.54, 1.807) is 0 Å². The number of hydrogen-bond donors (Lipinski definition) is 1. The van der Waals surface area contributed by atoms with Crippen LogP contribution in [0.5, 0.6) is 0 Å². The predicted molar refractivity (Wildman–Crippen MR) is 58.4 cm³/mol. The van der Waals surface area contributed by atoms with Gasteiger partial charge >= 0.3 is 0 Å². The van der Waals surface area contributed by atoms with Crippen molar-refractivity contribution in [1.82, 2.24) is 0 Å². The summed E-state index contributed by atoms with van der Waals surface area (Å²) in [7, 11) is 0. The molecule has 1 heterocycles. The third kappa shape index (κ3) is 2.71. The molecule has 2 nitrogen and oxygen atoms in total. The summed E-state index contributed by atoms with van der Waals surface area (Å²) in [6.07, 6.45) is 7.58. The first-order valence-corrected chi connectivity index (χ1v) is 6.07. The van der Waals surface area contributed by atoms with Crippen LogP contribution >= 0.6 is 0 Å². The Hall–Kier alpha value is -0.0800. The van der Waals surface area contributed by atoms with Gasteiger partial charge in [0.1, 0.15) is 0 Å². The summed E-state index contributed by atoms with van der Waals surface area (Å²) >= 11 is 0. The van der Waals surface area contributed by atoms with Crippen LogP contribution in [-0.2, 0) is 4.74 Å². The first-order valence-electron chi connectivity index (χ1n) is 6.07. The normalized spacial score (nSPS) is 28.5. The van der Waals surface area contributed by atoms with Crippen LogP contribution in [0.2, 0.25) is 0 Å². The molecule has 0 spiro atoms. The van der Waals surface area contributed by atoms with Crippen LogP contribution in [0.15, 0.2) is 0 Å².